The van der Waals surface area contributed by atoms with E-state index in [1.807, 2.05) is 5.70 Å². The molecule has 0 spiro atoms. The number of rotatable bonds is 5. The van der Waals surface area contributed by atoms with Crippen LogP contribution in [0, 0.1) is 0 Å². The van der Waals surface area contributed by atoms with Crippen molar-refractivity contribution in [1.29, 1.82) is 0 Å². The minimum Gasteiger partial charge on any atom is -0.312 e. The van der Waals surface area contributed by atoms with Gasteiger partial charge in [-0.1, -0.05) is 5.70 Å². The lowest BCUT2D eigenvalue weighted by Gasteiger charge is -2.30. The average molecular weight is 173 g/mol. The van der Waals surface area contributed by atoms with Crippen molar-refractivity contribution >= 4 is 9.68 Å². The van der Waals surface area contributed by atoms with Crippen molar-refractivity contribution in [2.45, 2.75) is 6.29 Å². The van der Waals surface area contributed by atoms with Gasteiger partial charge in [-0.05, 0) is 28.2 Å². The maximum absolute atomic E-state index is 3.71. The predicted molar refractivity (Wildman–Crippen MR) is 53.0 cm³/mol. The fourth-order valence-corrected chi connectivity index (χ4v) is 2.12. The largest absolute Gasteiger partial charge is 0.312 e. The van der Waals surface area contributed by atoms with Crippen molar-refractivity contribution < 1.29 is 0 Å². The Bertz CT molecular complexity index is 106. The second-order valence-corrected chi connectivity index (χ2v) is 4.39. The molecule has 0 aromatic rings. The average Bonchev–Trinajstić information content (AvgIpc) is 1.87. The van der Waals surface area contributed by atoms with Crippen LogP contribution < -0.4 is 4.98 Å². The van der Waals surface area contributed by atoms with Gasteiger partial charge in [-0.25, -0.2) is 0 Å². The van der Waals surface area contributed by atoms with Gasteiger partial charge in [0, 0.05) is 0 Å². The molecule has 0 aliphatic heterocycles. The summed E-state index contributed by atoms with van der Waals surface area (Å²) in [6, 6.07) is 0. The summed E-state index contributed by atoms with van der Waals surface area (Å²) in [6.07, 6.45) is 0.347. The van der Waals surface area contributed by atoms with Crippen LogP contribution in [-0.4, -0.2) is 54.0 Å². The van der Waals surface area contributed by atoms with Crippen molar-refractivity contribution in [1.82, 2.24) is 14.8 Å². The van der Waals surface area contributed by atoms with E-state index in [-0.39, 0.29) is 9.68 Å². The van der Waals surface area contributed by atoms with Crippen LogP contribution >= 0.6 is 0 Å². The smallest absolute Gasteiger partial charge is 0.118 e. The molecule has 0 unspecified atom stereocenters. The third-order valence-electron chi connectivity index (χ3n) is 1.42. The Morgan fingerprint density at radius 2 is 1.73 bits per heavy atom. The van der Waals surface area contributed by atoms with Gasteiger partial charge < -0.3 is 4.98 Å². The maximum Gasteiger partial charge on any atom is 0.118 e. The molecule has 0 aromatic carbocycles. The lowest BCUT2D eigenvalue weighted by molar-refractivity contribution is 0.119. The normalized spacial score (nSPS) is 12.6. The highest BCUT2D eigenvalue weighted by molar-refractivity contribution is 6.38. The van der Waals surface area contributed by atoms with E-state index in [0.29, 0.717) is 6.29 Å². The summed E-state index contributed by atoms with van der Waals surface area (Å²) in [4.78, 5) is 7.74. The third-order valence-corrected chi connectivity index (χ3v) is 2.31. The van der Waals surface area contributed by atoms with Gasteiger partial charge >= 0.3 is 0 Å². The first-order chi connectivity index (χ1) is 5.09. The van der Waals surface area contributed by atoms with Gasteiger partial charge in [-0.3, -0.25) is 9.80 Å². The Morgan fingerprint density at radius 3 is 2.00 bits per heavy atom. The number of nitrogens with zero attached hydrogens (tertiary/aromatic N) is 2. The summed E-state index contributed by atoms with van der Waals surface area (Å²) < 4.78 is 0. The molecule has 0 saturated carbocycles. The van der Waals surface area contributed by atoms with Crippen LogP contribution in [-0.2, 0) is 0 Å². The van der Waals surface area contributed by atoms with Gasteiger partial charge in [0.25, 0.3) is 0 Å². The van der Waals surface area contributed by atoms with Crippen molar-refractivity contribution in [2.24, 2.45) is 0 Å². The van der Waals surface area contributed by atoms with E-state index >= 15 is 0 Å². The van der Waals surface area contributed by atoms with Crippen LogP contribution in [0.5, 0.6) is 0 Å². The van der Waals surface area contributed by atoms with E-state index in [0.717, 1.165) is 0 Å². The molecule has 0 fully saturated rings. The van der Waals surface area contributed by atoms with Gasteiger partial charge in [0.15, 0.2) is 0 Å². The quantitative estimate of drug-likeness (QED) is 0.434. The summed E-state index contributed by atoms with van der Waals surface area (Å²) in [6.45, 7) is 3.71. The highest BCUT2D eigenvalue weighted by Gasteiger charge is 2.10. The number of nitrogens with one attached hydrogen (secondary N) is 1. The van der Waals surface area contributed by atoms with Crippen molar-refractivity contribution in [3.05, 3.63) is 12.3 Å². The van der Waals surface area contributed by atoms with Gasteiger partial charge in [-0.2, -0.15) is 0 Å². The molecule has 4 heteroatoms. The molecule has 0 heterocycles. The van der Waals surface area contributed by atoms with Crippen molar-refractivity contribution in [3.63, 3.8) is 0 Å². The SMILES string of the molecule is C=C[SiH2]NC(N(C)C)N(C)C. The maximum atomic E-state index is 3.71. The lowest BCUT2D eigenvalue weighted by Crippen LogP contribution is -2.52. The molecule has 0 amide bonds. The molecular weight excluding hydrogens is 154 g/mol. The van der Waals surface area contributed by atoms with Crippen LogP contribution in [0.2, 0.25) is 0 Å². The Balaban J connectivity index is 3.79. The van der Waals surface area contributed by atoms with E-state index in [1.165, 1.54) is 0 Å². The highest BCUT2D eigenvalue weighted by atomic mass is 28.2. The summed E-state index contributed by atoms with van der Waals surface area (Å²) in [5.41, 5.74) is 2.00. The third kappa shape index (κ3) is 4.31. The molecule has 66 valence electrons. The summed E-state index contributed by atoms with van der Waals surface area (Å²) in [7, 11) is 7.98. The van der Waals surface area contributed by atoms with E-state index in [4.69, 9.17) is 0 Å². The van der Waals surface area contributed by atoms with Crippen molar-refractivity contribution in [2.75, 3.05) is 28.2 Å². The summed E-state index contributed by atoms with van der Waals surface area (Å²) >= 11 is 0. The van der Waals surface area contributed by atoms with Crippen LogP contribution in [0.25, 0.3) is 0 Å². The molecule has 0 atom stereocenters. The van der Waals surface area contributed by atoms with Gasteiger partial charge in [0.2, 0.25) is 0 Å². The molecule has 0 aliphatic carbocycles. The van der Waals surface area contributed by atoms with Crippen LogP contribution in [0.4, 0.5) is 0 Å². The minimum atomic E-state index is -0.281. The monoisotopic (exact) mass is 173 g/mol. The van der Waals surface area contributed by atoms with E-state index in [2.05, 4.69) is 49.6 Å². The molecular formula is C7H19N3Si. The second kappa shape index (κ2) is 5.48. The zero-order valence-corrected chi connectivity index (χ0v) is 9.38. The van der Waals surface area contributed by atoms with Gasteiger partial charge in [0.05, 0.1) is 0 Å². The first-order valence-electron chi connectivity index (χ1n) is 3.76. The summed E-state index contributed by atoms with van der Waals surface area (Å²) in [5, 5.41) is 0. The standard InChI is InChI=1S/C7H19N3Si/c1-6-11-8-7(9(2)3)10(4)5/h6-8H,1,11H2,2-5H3. The second-order valence-electron chi connectivity index (χ2n) is 3.00. The fourth-order valence-electron chi connectivity index (χ4n) is 1.02. The van der Waals surface area contributed by atoms with Crippen LogP contribution in [0.15, 0.2) is 12.3 Å². The van der Waals surface area contributed by atoms with E-state index in [1.54, 1.807) is 0 Å². The Kier molecular flexibility index (Phi) is 5.40. The fraction of sp³-hybridized carbons (Fsp3) is 0.714. The van der Waals surface area contributed by atoms with Crippen LogP contribution in [0.1, 0.15) is 0 Å². The number of hydrogen-bond acceptors (Lipinski definition) is 3. The molecule has 11 heavy (non-hydrogen) atoms. The lowest BCUT2D eigenvalue weighted by atomic mass is 10.7. The molecule has 0 aromatic heterocycles. The highest BCUT2D eigenvalue weighted by Crippen LogP contribution is 1.90. The van der Waals surface area contributed by atoms with Crippen molar-refractivity contribution in [3.8, 4) is 0 Å². The molecule has 0 rings (SSSR count). The molecule has 0 saturated heterocycles. The molecule has 0 radical (unpaired) electrons. The predicted octanol–water partition coefficient (Wildman–Crippen LogP) is -0.790. The number of hydrogen-bond donors (Lipinski definition) is 1. The van der Waals surface area contributed by atoms with Crippen LogP contribution in [0.3, 0.4) is 0 Å². The molecule has 0 bridgehead atoms. The Labute approximate surface area is 72.0 Å². The first-order valence-corrected chi connectivity index (χ1v) is 5.29. The Hall–Kier alpha value is -0.163. The van der Waals surface area contributed by atoms with E-state index < -0.39 is 0 Å². The zero-order chi connectivity index (χ0) is 8.85. The molecule has 0 aliphatic rings. The topological polar surface area (TPSA) is 18.5 Å². The minimum absolute atomic E-state index is 0.281. The Morgan fingerprint density at radius 1 is 1.27 bits per heavy atom. The summed E-state index contributed by atoms with van der Waals surface area (Å²) in [5.74, 6) is 0. The molecule has 3 nitrogen and oxygen atoms in total. The van der Waals surface area contributed by atoms with Gasteiger partial charge in [-0.15, -0.1) is 6.58 Å². The zero-order valence-electron chi connectivity index (χ0n) is 7.96. The van der Waals surface area contributed by atoms with Gasteiger partial charge in [0.1, 0.15) is 16.0 Å². The molecule has 1 N–H and O–H groups in total. The first kappa shape index (κ1) is 10.8. The van der Waals surface area contributed by atoms with E-state index in [9.17, 15) is 0 Å².